The van der Waals surface area contributed by atoms with E-state index in [1.807, 2.05) is 34.6 Å². The molecule has 0 aromatic carbocycles. The van der Waals surface area contributed by atoms with Gasteiger partial charge in [-0.3, -0.25) is 4.79 Å². The van der Waals surface area contributed by atoms with Gasteiger partial charge in [0.1, 0.15) is 5.60 Å². The van der Waals surface area contributed by atoms with Crippen LogP contribution in [0.5, 0.6) is 0 Å². The topological polar surface area (TPSA) is 49.9 Å². The summed E-state index contributed by atoms with van der Waals surface area (Å²) in [6.45, 7) is 13.9. The Morgan fingerprint density at radius 2 is 1.63 bits per heavy atom. The number of hydrogen-bond donors (Lipinski definition) is 0. The predicted octanol–water partition coefficient (Wildman–Crippen LogP) is 2.03. The van der Waals surface area contributed by atoms with Gasteiger partial charge in [-0.2, -0.15) is 0 Å². The van der Waals surface area contributed by atoms with Gasteiger partial charge in [0.25, 0.3) is 0 Å². The van der Waals surface area contributed by atoms with Crippen molar-refractivity contribution in [2.45, 2.75) is 52.3 Å². The molecule has 1 aliphatic heterocycles. The molecule has 2 unspecified atom stereocenters. The van der Waals surface area contributed by atoms with Gasteiger partial charge in [-0.1, -0.05) is 6.58 Å². The minimum atomic E-state index is -0.506. The number of hydrogen-bond acceptors (Lipinski definition) is 3. The molecule has 108 valence electrons. The van der Waals surface area contributed by atoms with E-state index in [0.29, 0.717) is 13.1 Å². The molecule has 1 rings (SSSR count). The molecule has 5 heteroatoms. The Morgan fingerprint density at radius 3 is 2.11 bits per heavy atom. The fourth-order valence-corrected chi connectivity index (χ4v) is 2.13. The summed E-state index contributed by atoms with van der Waals surface area (Å²) in [5.41, 5.74) is -0.506. The van der Waals surface area contributed by atoms with Gasteiger partial charge < -0.3 is 14.5 Å². The molecule has 0 saturated carbocycles. The third-order valence-electron chi connectivity index (χ3n) is 3.07. The summed E-state index contributed by atoms with van der Waals surface area (Å²) in [7, 11) is 0. The first-order valence-electron chi connectivity index (χ1n) is 6.58. The van der Waals surface area contributed by atoms with Crippen LogP contribution in [0.25, 0.3) is 0 Å². The molecular weight excluding hydrogens is 244 g/mol. The Balaban J connectivity index is 2.73. The van der Waals surface area contributed by atoms with Crippen LogP contribution < -0.4 is 0 Å². The number of rotatable bonds is 1. The molecule has 0 aliphatic carbocycles. The van der Waals surface area contributed by atoms with Crippen LogP contribution in [-0.4, -0.2) is 52.6 Å². The number of ether oxygens (including phenoxy) is 1. The molecule has 1 aliphatic rings. The van der Waals surface area contributed by atoms with Gasteiger partial charge in [0.2, 0.25) is 5.91 Å². The molecule has 2 atom stereocenters. The van der Waals surface area contributed by atoms with Crippen LogP contribution in [-0.2, 0) is 9.53 Å². The van der Waals surface area contributed by atoms with Gasteiger partial charge in [0, 0.05) is 25.2 Å². The summed E-state index contributed by atoms with van der Waals surface area (Å²) in [5.74, 6) is -0.0943. The first kappa shape index (κ1) is 15.5. The largest absolute Gasteiger partial charge is 0.444 e. The van der Waals surface area contributed by atoms with Crippen molar-refractivity contribution in [3.05, 3.63) is 12.7 Å². The molecular formula is C14H24N2O3. The molecule has 5 nitrogen and oxygen atoms in total. The number of amides is 2. The first-order valence-corrected chi connectivity index (χ1v) is 6.58. The zero-order chi connectivity index (χ0) is 14.8. The summed E-state index contributed by atoms with van der Waals surface area (Å²) in [6.07, 6.45) is 0.990. The third kappa shape index (κ3) is 3.98. The van der Waals surface area contributed by atoms with Crippen molar-refractivity contribution in [1.82, 2.24) is 9.80 Å². The summed E-state index contributed by atoms with van der Waals surface area (Å²) in [5, 5.41) is 0. The van der Waals surface area contributed by atoms with Crippen molar-refractivity contribution in [1.29, 1.82) is 0 Å². The summed E-state index contributed by atoms with van der Waals surface area (Å²) >= 11 is 0. The van der Waals surface area contributed by atoms with E-state index in [0.717, 1.165) is 0 Å². The van der Waals surface area contributed by atoms with Gasteiger partial charge >= 0.3 is 6.09 Å². The van der Waals surface area contributed by atoms with Crippen molar-refractivity contribution >= 4 is 12.0 Å². The Hall–Kier alpha value is -1.52. The summed E-state index contributed by atoms with van der Waals surface area (Å²) in [4.78, 5) is 27.2. The second kappa shape index (κ2) is 5.63. The van der Waals surface area contributed by atoms with Crippen LogP contribution >= 0.6 is 0 Å². The van der Waals surface area contributed by atoms with E-state index < -0.39 is 5.60 Å². The lowest BCUT2D eigenvalue weighted by Gasteiger charge is -2.43. The van der Waals surface area contributed by atoms with E-state index in [1.165, 1.54) is 6.08 Å². The number of carbonyl (C=O) groups is 2. The fraction of sp³-hybridized carbons (Fsp3) is 0.714. The monoisotopic (exact) mass is 268 g/mol. The summed E-state index contributed by atoms with van der Waals surface area (Å²) < 4.78 is 5.38. The molecule has 0 radical (unpaired) electrons. The standard InChI is InChI=1S/C14H24N2O3/c1-7-12(17)15-8-11(3)16(9-10(15)2)13(18)19-14(4,5)6/h7,10-11H,1,8-9H2,2-6H3. The Labute approximate surface area is 115 Å². The van der Waals surface area contributed by atoms with E-state index in [2.05, 4.69) is 6.58 Å². The maximum atomic E-state index is 12.1. The fourth-order valence-electron chi connectivity index (χ4n) is 2.13. The van der Waals surface area contributed by atoms with Crippen LogP contribution in [0, 0.1) is 0 Å². The molecule has 0 aromatic heterocycles. The average molecular weight is 268 g/mol. The van der Waals surface area contributed by atoms with Crippen LogP contribution in [0.2, 0.25) is 0 Å². The van der Waals surface area contributed by atoms with Gasteiger partial charge in [-0.15, -0.1) is 0 Å². The normalized spacial score (nSPS) is 24.1. The number of nitrogens with zero attached hydrogens (tertiary/aromatic N) is 2. The molecule has 0 spiro atoms. The Kier molecular flexibility index (Phi) is 4.61. The van der Waals surface area contributed by atoms with Crippen LogP contribution in [0.15, 0.2) is 12.7 Å². The smallest absolute Gasteiger partial charge is 0.410 e. The highest BCUT2D eigenvalue weighted by molar-refractivity contribution is 5.87. The van der Waals surface area contributed by atoms with E-state index in [4.69, 9.17) is 4.74 Å². The van der Waals surface area contributed by atoms with Gasteiger partial charge in [-0.25, -0.2) is 4.79 Å². The minimum absolute atomic E-state index is 0.0331. The van der Waals surface area contributed by atoms with Gasteiger partial charge in [0.05, 0.1) is 0 Å². The zero-order valence-electron chi connectivity index (χ0n) is 12.5. The Morgan fingerprint density at radius 1 is 1.16 bits per heavy atom. The lowest BCUT2D eigenvalue weighted by atomic mass is 10.1. The average Bonchev–Trinajstić information content (AvgIpc) is 2.28. The molecule has 1 saturated heterocycles. The first-order chi connectivity index (χ1) is 8.65. The van der Waals surface area contributed by atoms with E-state index in [1.54, 1.807) is 9.80 Å². The molecule has 0 N–H and O–H groups in total. The van der Waals surface area contributed by atoms with Crippen LogP contribution in [0.3, 0.4) is 0 Å². The maximum absolute atomic E-state index is 12.1. The van der Waals surface area contributed by atoms with Crippen molar-refractivity contribution in [2.24, 2.45) is 0 Å². The van der Waals surface area contributed by atoms with E-state index >= 15 is 0 Å². The van der Waals surface area contributed by atoms with Crippen molar-refractivity contribution < 1.29 is 14.3 Å². The molecule has 2 amide bonds. The maximum Gasteiger partial charge on any atom is 0.410 e. The number of carbonyl (C=O) groups excluding carboxylic acids is 2. The van der Waals surface area contributed by atoms with E-state index in [-0.39, 0.29) is 24.1 Å². The Bertz CT molecular complexity index is 373. The lowest BCUT2D eigenvalue weighted by molar-refractivity contribution is -0.131. The SMILES string of the molecule is C=CC(=O)N1CC(C)N(C(=O)OC(C)(C)C)CC1C. The lowest BCUT2D eigenvalue weighted by Crippen LogP contribution is -2.59. The highest BCUT2D eigenvalue weighted by Gasteiger charge is 2.35. The van der Waals surface area contributed by atoms with Crippen molar-refractivity contribution in [2.75, 3.05) is 13.1 Å². The summed E-state index contributed by atoms with van der Waals surface area (Å²) in [6, 6.07) is -0.0934. The van der Waals surface area contributed by atoms with Gasteiger partial charge in [0.15, 0.2) is 0 Å². The molecule has 1 fully saturated rings. The second-order valence-corrected chi connectivity index (χ2v) is 6.03. The second-order valence-electron chi connectivity index (χ2n) is 6.03. The zero-order valence-corrected chi connectivity index (χ0v) is 12.5. The third-order valence-corrected chi connectivity index (χ3v) is 3.07. The van der Waals surface area contributed by atoms with Crippen LogP contribution in [0.1, 0.15) is 34.6 Å². The van der Waals surface area contributed by atoms with E-state index in [9.17, 15) is 9.59 Å². The highest BCUT2D eigenvalue weighted by Crippen LogP contribution is 2.19. The highest BCUT2D eigenvalue weighted by atomic mass is 16.6. The molecule has 19 heavy (non-hydrogen) atoms. The minimum Gasteiger partial charge on any atom is -0.444 e. The molecule has 0 bridgehead atoms. The van der Waals surface area contributed by atoms with Crippen molar-refractivity contribution in [3.63, 3.8) is 0 Å². The molecule has 0 aromatic rings. The quantitative estimate of drug-likeness (QED) is 0.684. The van der Waals surface area contributed by atoms with Crippen LogP contribution in [0.4, 0.5) is 4.79 Å². The predicted molar refractivity (Wildman–Crippen MR) is 73.8 cm³/mol. The molecule has 1 heterocycles. The number of piperazine rings is 1. The van der Waals surface area contributed by atoms with Gasteiger partial charge in [-0.05, 0) is 40.7 Å². The van der Waals surface area contributed by atoms with Crippen molar-refractivity contribution in [3.8, 4) is 0 Å².